The van der Waals surface area contributed by atoms with Crippen LogP contribution in [0.25, 0.3) is 0 Å². The third kappa shape index (κ3) is 3.27. The molecule has 0 atom stereocenters. The molecule has 1 aliphatic rings. The molecule has 0 spiro atoms. The van der Waals surface area contributed by atoms with Gasteiger partial charge in [-0.2, -0.15) is 0 Å². The molecule has 2 aromatic carbocycles. The molecule has 1 aliphatic heterocycles. The number of benzene rings is 2. The number of carbonyl (C=O) groups excluding carboxylic acids is 4. The fourth-order valence-electron chi connectivity index (χ4n) is 2.94. The Hall–Kier alpha value is -4.20. The first-order valence-corrected chi connectivity index (χ1v) is 8.68. The van der Waals surface area contributed by atoms with Gasteiger partial charge in [0.05, 0.1) is 5.69 Å². The van der Waals surface area contributed by atoms with Crippen molar-refractivity contribution in [2.45, 2.75) is 6.92 Å². The van der Waals surface area contributed by atoms with Crippen LogP contribution in [0.1, 0.15) is 48.6 Å². The summed E-state index contributed by atoms with van der Waals surface area (Å²) < 4.78 is 0. The Labute approximate surface area is 165 Å². The SMILES string of the molecule is CC(=O)c1ccc(NC(=O)c2ccc(N3C(=O)c4nccnc4C3=O)cc2)cc1. The quantitative estimate of drug-likeness (QED) is 0.545. The summed E-state index contributed by atoms with van der Waals surface area (Å²) in [5.74, 6) is -1.53. The van der Waals surface area contributed by atoms with E-state index in [1.54, 1.807) is 24.3 Å². The Bertz CT molecular complexity index is 1120. The van der Waals surface area contributed by atoms with Crippen molar-refractivity contribution in [3.05, 3.63) is 83.4 Å². The van der Waals surface area contributed by atoms with Crippen LogP contribution in [-0.2, 0) is 0 Å². The van der Waals surface area contributed by atoms with Gasteiger partial charge in [-0.15, -0.1) is 0 Å². The number of nitrogens with zero attached hydrogens (tertiary/aromatic N) is 3. The Morgan fingerprint density at radius 3 is 1.83 bits per heavy atom. The maximum absolute atomic E-state index is 12.4. The Morgan fingerprint density at radius 1 is 0.793 bits per heavy atom. The fraction of sp³-hybridized carbons (Fsp3) is 0.0476. The van der Waals surface area contributed by atoms with Gasteiger partial charge >= 0.3 is 0 Å². The molecular weight excluding hydrogens is 372 g/mol. The van der Waals surface area contributed by atoms with E-state index in [4.69, 9.17) is 0 Å². The number of hydrogen-bond acceptors (Lipinski definition) is 6. The lowest BCUT2D eigenvalue weighted by Crippen LogP contribution is -2.29. The fourth-order valence-corrected chi connectivity index (χ4v) is 2.94. The second-order valence-corrected chi connectivity index (χ2v) is 6.33. The number of aromatic nitrogens is 2. The second kappa shape index (κ2) is 7.08. The van der Waals surface area contributed by atoms with E-state index in [0.29, 0.717) is 22.5 Å². The highest BCUT2D eigenvalue weighted by molar-refractivity contribution is 6.33. The van der Waals surface area contributed by atoms with Crippen molar-refractivity contribution < 1.29 is 19.2 Å². The lowest BCUT2D eigenvalue weighted by Gasteiger charge is -2.13. The molecule has 0 bridgehead atoms. The third-order valence-corrected chi connectivity index (χ3v) is 4.45. The number of hydrogen-bond donors (Lipinski definition) is 1. The molecule has 1 aromatic heterocycles. The third-order valence-electron chi connectivity index (χ3n) is 4.45. The van der Waals surface area contributed by atoms with Crippen LogP contribution in [0.4, 0.5) is 11.4 Å². The number of ketones is 1. The number of rotatable bonds is 4. The van der Waals surface area contributed by atoms with E-state index in [-0.39, 0.29) is 23.1 Å². The van der Waals surface area contributed by atoms with Gasteiger partial charge in [0.2, 0.25) is 0 Å². The van der Waals surface area contributed by atoms with Crippen molar-refractivity contribution in [2.24, 2.45) is 0 Å². The first-order valence-electron chi connectivity index (χ1n) is 8.68. The van der Waals surface area contributed by atoms with E-state index in [2.05, 4.69) is 15.3 Å². The van der Waals surface area contributed by atoms with Crippen molar-refractivity contribution in [1.29, 1.82) is 0 Å². The molecule has 29 heavy (non-hydrogen) atoms. The van der Waals surface area contributed by atoms with Gasteiger partial charge in [-0.25, -0.2) is 14.9 Å². The molecule has 4 rings (SSSR count). The standard InChI is InChI=1S/C21H14N4O4/c1-12(26)13-2-6-15(7-3-13)24-19(27)14-4-8-16(9-5-14)25-20(28)17-18(21(25)29)23-11-10-22-17/h2-11H,1H3,(H,24,27). The van der Waals surface area contributed by atoms with E-state index in [1.807, 2.05) is 0 Å². The molecule has 2 heterocycles. The number of fused-ring (bicyclic) bond motifs is 1. The van der Waals surface area contributed by atoms with E-state index in [0.717, 1.165) is 4.90 Å². The first kappa shape index (κ1) is 18.2. The van der Waals surface area contributed by atoms with Crippen LogP contribution in [0.2, 0.25) is 0 Å². The molecule has 0 fully saturated rings. The summed E-state index contributed by atoms with van der Waals surface area (Å²) in [6.07, 6.45) is 2.70. The van der Waals surface area contributed by atoms with E-state index >= 15 is 0 Å². The van der Waals surface area contributed by atoms with Crippen LogP contribution >= 0.6 is 0 Å². The number of amides is 3. The summed E-state index contributed by atoms with van der Waals surface area (Å²) >= 11 is 0. The van der Waals surface area contributed by atoms with E-state index in [9.17, 15) is 19.2 Å². The average molecular weight is 386 g/mol. The van der Waals surface area contributed by atoms with Crippen LogP contribution in [-0.4, -0.2) is 33.5 Å². The molecule has 142 valence electrons. The lowest BCUT2D eigenvalue weighted by molar-refractivity contribution is 0.0921. The van der Waals surface area contributed by atoms with Gasteiger partial charge in [0.15, 0.2) is 17.2 Å². The van der Waals surface area contributed by atoms with Crippen LogP contribution < -0.4 is 10.2 Å². The molecule has 8 nitrogen and oxygen atoms in total. The second-order valence-electron chi connectivity index (χ2n) is 6.33. The maximum atomic E-state index is 12.4. The average Bonchev–Trinajstić information content (AvgIpc) is 2.99. The van der Waals surface area contributed by atoms with Crippen LogP contribution in [0.5, 0.6) is 0 Å². The van der Waals surface area contributed by atoms with Gasteiger partial charge in [0.25, 0.3) is 17.7 Å². The van der Waals surface area contributed by atoms with Gasteiger partial charge in [0.1, 0.15) is 0 Å². The van der Waals surface area contributed by atoms with Crippen LogP contribution in [0, 0.1) is 0 Å². The minimum absolute atomic E-state index is 0.00771. The Balaban J connectivity index is 1.51. The zero-order valence-electron chi connectivity index (χ0n) is 15.2. The molecule has 3 amide bonds. The van der Waals surface area contributed by atoms with Gasteiger partial charge in [0, 0.05) is 29.2 Å². The normalized spacial score (nSPS) is 12.7. The number of carbonyl (C=O) groups is 4. The summed E-state index contributed by atoms with van der Waals surface area (Å²) in [5, 5.41) is 2.73. The minimum Gasteiger partial charge on any atom is -0.322 e. The molecule has 0 aliphatic carbocycles. The molecule has 3 aromatic rings. The number of imide groups is 1. The minimum atomic E-state index is -0.555. The highest BCUT2D eigenvalue weighted by atomic mass is 16.2. The lowest BCUT2D eigenvalue weighted by atomic mass is 10.1. The zero-order valence-corrected chi connectivity index (χ0v) is 15.2. The summed E-state index contributed by atoms with van der Waals surface area (Å²) in [6.45, 7) is 1.47. The topological polar surface area (TPSA) is 109 Å². The summed E-state index contributed by atoms with van der Waals surface area (Å²) in [7, 11) is 0. The molecular formula is C21H14N4O4. The van der Waals surface area contributed by atoms with Gasteiger partial charge in [-0.1, -0.05) is 0 Å². The summed E-state index contributed by atoms with van der Waals surface area (Å²) in [5.41, 5.74) is 1.78. The molecule has 0 saturated carbocycles. The largest absolute Gasteiger partial charge is 0.322 e. The zero-order chi connectivity index (χ0) is 20.5. The monoisotopic (exact) mass is 386 g/mol. The predicted octanol–water partition coefficient (Wildman–Crippen LogP) is 2.73. The van der Waals surface area contributed by atoms with Crippen molar-refractivity contribution in [3.63, 3.8) is 0 Å². The van der Waals surface area contributed by atoms with Crippen molar-refractivity contribution >= 4 is 34.9 Å². The highest BCUT2D eigenvalue weighted by Gasteiger charge is 2.39. The smallest absolute Gasteiger partial charge is 0.286 e. The van der Waals surface area contributed by atoms with Crippen LogP contribution in [0.15, 0.2) is 60.9 Å². The van der Waals surface area contributed by atoms with Gasteiger partial charge in [-0.3, -0.25) is 19.2 Å². The van der Waals surface area contributed by atoms with Gasteiger partial charge in [-0.05, 0) is 55.5 Å². The maximum Gasteiger partial charge on any atom is 0.286 e. The summed E-state index contributed by atoms with van der Waals surface area (Å²) in [6, 6.07) is 12.6. The van der Waals surface area contributed by atoms with E-state index in [1.165, 1.54) is 43.6 Å². The number of nitrogens with one attached hydrogen (secondary N) is 1. The molecule has 1 N–H and O–H groups in total. The molecule has 0 radical (unpaired) electrons. The number of Topliss-reactive ketones (excluding diaryl/α,β-unsaturated/α-hetero) is 1. The van der Waals surface area contributed by atoms with Crippen molar-refractivity contribution in [1.82, 2.24) is 9.97 Å². The van der Waals surface area contributed by atoms with Crippen LogP contribution in [0.3, 0.4) is 0 Å². The Kier molecular flexibility index (Phi) is 4.44. The predicted molar refractivity (Wildman–Crippen MR) is 104 cm³/mol. The van der Waals surface area contributed by atoms with Gasteiger partial charge < -0.3 is 5.32 Å². The first-order chi connectivity index (χ1) is 14.0. The molecule has 0 unspecified atom stereocenters. The highest BCUT2D eigenvalue weighted by Crippen LogP contribution is 2.26. The van der Waals surface area contributed by atoms with E-state index < -0.39 is 11.8 Å². The van der Waals surface area contributed by atoms with Crippen molar-refractivity contribution in [2.75, 3.05) is 10.2 Å². The van der Waals surface area contributed by atoms with Crippen molar-refractivity contribution in [3.8, 4) is 0 Å². The summed E-state index contributed by atoms with van der Waals surface area (Å²) in [4.78, 5) is 57.4. The Morgan fingerprint density at radius 2 is 1.31 bits per heavy atom. The molecule has 8 heteroatoms. The molecule has 0 saturated heterocycles. The number of anilines is 2.